The van der Waals surface area contributed by atoms with Crippen LogP contribution in [0.25, 0.3) is 6.08 Å². The molecule has 3 aromatic rings. The number of aryl methyl sites for hydroxylation is 1. The third-order valence-corrected chi connectivity index (χ3v) is 5.94. The number of amides is 3. The molecule has 3 aromatic carbocycles. The maximum atomic E-state index is 12.8. The minimum absolute atomic E-state index is 0.157. The standard InChI is InChI=1S/C27H24N2O5S/c1-19-7-5-11-22(15-19)33-14-13-29-26(31)24(35-27(29)32)17-20-8-6-12-23(16-20)34-18-25(30)28-21-9-3-2-4-10-21/h2-12,15-17H,13-14,18H2,1H3,(H,28,30)/b24-17-. The summed E-state index contributed by atoms with van der Waals surface area (Å²) >= 11 is 0.889. The summed E-state index contributed by atoms with van der Waals surface area (Å²) < 4.78 is 11.3. The highest BCUT2D eigenvalue weighted by atomic mass is 32.2. The van der Waals surface area contributed by atoms with Gasteiger partial charge in [-0.1, -0.05) is 42.5 Å². The molecule has 35 heavy (non-hydrogen) atoms. The lowest BCUT2D eigenvalue weighted by Gasteiger charge is -2.13. The van der Waals surface area contributed by atoms with E-state index in [9.17, 15) is 14.4 Å². The lowest BCUT2D eigenvalue weighted by Crippen LogP contribution is -2.32. The molecule has 1 N–H and O–H groups in total. The number of rotatable bonds is 9. The molecule has 0 unspecified atom stereocenters. The number of anilines is 1. The second-order valence-corrected chi connectivity index (χ2v) is 8.77. The van der Waals surface area contributed by atoms with Crippen LogP contribution in [0.15, 0.2) is 83.8 Å². The first-order valence-electron chi connectivity index (χ1n) is 11.0. The van der Waals surface area contributed by atoms with Crippen molar-refractivity contribution < 1.29 is 23.9 Å². The number of nitrogens with one attached hydrogen (secondary N) is 1. The average molecular weight is 489 g/mol. The molecular formula is C27H24N2O5S. The molecule has 1 aliphatic heterocycles. The first-order chi connectivity index (χ1) is 17.0. The van der Waals surface area contributed by atoms with Crippen molar-refractivity contribution in [2.45, 2.75) is 6.92 Å². The number of benzene rings is 3. The van der Waals surface area contributed by atoms with Gasteiger partial charge in [0.25, 0.3) is 17.1 Å². The molecule has 8 heteroatoms. The van der Waals surface area contributed by atoms with Crippen molar-refractivity contribution in [3.8, 4) is 11.5 Å². The van der Waals surface area contributed by atoms with Crippen molar-refractivity contribution >= 4 is 40.6 Å². The topological polar surface area (TPSA) is 84.9 Å². The normalized spacial score (nSPS) is 14.3. The number of hydrogen-bond acceptors (Lipinski definition) is 6. The van der Waals surface area contributed by atoms with E-state index in [1.165, 1.54) is 4.90 Å². The van der Waals surface area contributed by atoms with Crippen LogP contribution in [0.2, 0.25) is 0 Å². The molecule has 0 aromatic heterocycles. The summed E-state index contributed by atoms with van der Waals surface area (Å²) in [6.07, 6.45) is 1.64. The zero-order chi connectivity index (χ0) is 24.6. The zero-order valence-electron chi connectivity index (χ0n) is 19.1. The van der Waals surface area contributed by atoms with Gasteiger partial charge in [0, 0.05) is 5.69 Å². The Labute approximate surface area is 207 Å². The molecule has 0 saturated carbocycles. The smallest absolute Gasteiger partial charge is 0.293 e. The predicted octanol–water partition coefficient (Wildman–Crippen LogP) is 5.13. The summed E-state index contributed by atoms with van der Waals surface area (Å²) in [4.78, 5) is 38.8. The average Bonchev–Trinajstić information content (AvgIpc) is 3.11. The lowest BCUT2D eigenvalue weighted by atomic mass is 10.2. The van der Waals surface area contributed by atoms with Crippen molar-refractivity contribution in [1.82, 2.24) is 4.90 Å². The summed E-state index contributed by atoms with van der Waals surface area (Å²) in [5, 5.41) is 2.42. The molecule has 0 aliphatic carbocycles. The van der Waals surface area contributed by atoms with Gasteiger partial charge in [-0.15, -0.1) is 0 Å². The van der Waals surface area contributed by atoms with E-state index < -0.39 is 0 Å². The molecule has 7 nitrogen and oxygen atoms in total. The van der Waals surface area contributed by atoms with E-state index in [0.717, 1.165) is 17.3 Å². The van der Waals surface area contributed by atoms with Gasteiger partial charge in [-0.3, -0.25) is 19.3 Å². The van der Waals surface area contributed by atoms with Gasteiger partial charge in [-0.2, -0.15) is 0 Å². The molecule has 3 amide bonds. The molecule has 0 atom stereocenters. The van der Waals surface area contributed by atoms with Gasteiger partial charge in [-0.05, 0) is 72.3 Å². The van der Waals surface area contributed by atoms with Crippen LogP contribution < -0.4 is 14.8 Å². The quantitative estimate of drug-likeness (QED) is 0.421. The fraction of sp³-hybridized carbons (Fsp3) is 0.148. The van der Waals surface area contributed by atoms with Crippen LogP contribution >= 0.6 is 11.8 Å². The molecule has 0 spiro atoms. The van der Waals surface area contributed by atoms with Crippen molar-refractivity contribution in [3.63, 3.8) is 0 Å². The highest BCUT2D eigenvalue weighted by Gasteiger charge is 2.34. The van der Waals surface area contributed by atoms with E-state index in [-0.39, 0.29) is 36.8 Å². The van der Waals surface area contributed by atoms with E-state index in [1.54, 1.807) is 42.5 Å². The van der Waals surface area contributed by atoms with Crippen LogP contribution in [-0.4, -0.2) is 41.7 Å². The molecule has 1 fully saturated rings. The number of thioether (sulfide) groups is 1. The molecule has 0 bridgehead atoms. The van der Waals surface area contributed by atoms with E-state index in [0.29, 0.717) is 27.7 Å². The van der Waals surface area contributed by atoms with Crippen molar-refractivity contribution in [3.05, 3.63) is 94.9 Å². The lowest BCUT2D eigenvalue weighted by molar-refractivity contribution is -0.123. The molecule has 1 saturated heterocycles. The fourth-order valence-corrected chi connectivity index (χ4v) is 4.23. The summed E-state index contributed by atoms with van der Waals surface area (Å²) in [5.41, 5.74) is 2.45. The number of nitrogens with zero attached hydrogens (tertiary/aromatic N) is 1. The van der Waals surface area contributed by atoms with E-state index >= 15 is 0 Å². The van der Waals surface area contributed by atoms with Gasteiger partial charge >= 0.3 is 0 Å². The van der Waals surface area contributed by atoms with Crippen LogP contribution in [0, 0.1) is 6.92 Å². The van der Waals surface area contributed by atoms with Gasteiger partial charge in [0.15, 0.2) is 6.61 Å². The molecule has 1 heterocycles. The second-order valence-electron chi connectivity index (χ2n) is 7.77. The summed E-state index contributed by atoms with van der Waals surface area (Å²) in [7, 11) is 0. The van der Waals surface area contributed by atoms with Crippen LogP contribution in [-0.2, 0) is 9.59 Å². The van der Waals surface area contributed by atoms with Crippen molar-refractivity contribution in [1.29, 1.82) is 0 Å². The minimum Gasteiger partial charge on any atom is -0.492 e. The summed E-state index contributed by atoms with van der Waals surface area (Å²) in [6, 6.07) is 23.7. The van der Waals surface area contributed by atoms with Gasteiger partial charge in [0.2, 0.25) is 0 Å². The maximum Gasteiger partial charge on any atom is 0.293 e. The largest absolute Gasteiger partial charge is 0.492 e. The number of hydrogen-bond donors (Lipinski definition) is 1. The predicted molar refractivity (Wildman–Crippen MR) is 136 cm³/mol. The molecule has 178 valence electrons. The maximum absolute atomic E-state index is 12.8. The van der Waals surface area contributed by atoms with Gasteiger partial charge < -0.3 is 14.8 Å². The first-order valence-corrected chi connectivity index (χ1v) is 11.8. The van der Waals surface area contributed by atoms with Gasteiger partial charge in [-0.25, -0.2) is 0 Å². The minimum atomic E-state index is -0.360. The summed E-state index contributed by atoms with van der Waals surface area (Å²) in [5.74, 6) is 0.534. The SMILES string of the molecule is Cc1cccc(OCCN2C(=O)S/C(=C\c3cccc(OCC(=O)Nc4ccccc4)c3)C2=O)c1. The Kier molecular flexibility index (Phi) is 7.84. The number of para-hydroxylation sites is 1. The Bertz CT molecular complexity index is 1260. The highest BCUT2D eigenvalue weighted by Crippen LogP contribution is 2.32. The highest BCUT2D eigenvalue weighted by molar-refractivity contribution is 8.18. The third-order valence-electron chi connectivity index (χ3n) is 5.03. The monoisotopic (exact) mass is 488 g/mol. The number of carbonyl (C=O) groups excluding carboxylic acids is 3. The van der Waals surface area contributed by atoms with Crippen molar-refractivity contribution in [2.75, 3.05) is 25.1 Å². The number of ether oxygens (including phenoxy) is 2. The Balaban J connectivity index is 1.32. The van der Waals surface area contributed by atoms with Crippen molar-refractivity contribution in [2.24, 2.45) is 0 Å². The van der Waals surface area contributed by atoms with Gasteiger partial charge in [0.1, 0.15) is 18.1 Å². The molecule has 1 aliphatic rings. The Morgan fingerprint density at radius 3 is 2.46 bits per heavy atom. The van der Waals surface area contributed by atoms with Crippen LogP contribution in [0.3, 0.4) is 0 Å². The molecule has 4 rings (SSSR count). The van der Waals surface area contributed by atoms with E-state index in [4.69, 9.17) is 9.47 Å². The number of imide groups is 1. The first kappa shape index (κ1) is 24.1. The van der Waals surface area contributed by atoms with Crippen LogP contribution in [0.1, 0.15) is 11.1 Å². The van der Waals surface area contributed by atoms with E-state index in [1.807, 2.05) is 49.4 Å². The Morgan fingerprint density at radius 1 is 0.943 bits per heavy atom. The third kappa shape index (κ3) is 6.74. The molecular weight excluding hydrogens is 464 g/mol. The number of carbonyl (C=O) groups is 3. The van der Waals surface area contributed by atoms with Gasteiger partial charge in [0.05, 0.1) is 11.4 Å². The fourth-order valence-electron chi connectivity index (χ4n) is 3.37. The van der Waals surface area contributed by atoms with Crippen LogP contribution in [0.5, 0.6) is 11.5 Å². The van der Waals surface area contributed by atoms with Crippen LogP contribution in [0.4, 0.5) is 10.5 Å². The molecule has 0 radical (unpaired) electrons. The second kappa shape index (κ2) is 11.4. The zero-order valence-corrected chi connectivity index (χ0v) is 19.9. The summed E-state index contributed by atoms with van der Waals surface area (Å²) in [6.45, 7) is 2.18. The Morgan fingerprint density at radius 2 is 1.69 bits per heavy atom. The Hall–Kier alpha value is -4.04. The van der Waals surface area contributed by atoms with E-state index in [2.05, 4.69) is 5.32 Å².